The fraction of sp³-hybridized carbons (Fsp3) is 0.188. The van der Waals surface area contributed by atoms with Crippen LogP contribution in [0.2, 0.25) is 5.02 Å². The van der Waals surface area contributed by atoms with Crippen LogP contribution in [-0.2, 0) is 0 Å². The molecule has 1 heterocycles. The van der Waals surface area contributed by atoms with E-state index in [-0.39, 0.29) is 5.78 Å². The van der Waals surface area contributed by atoms with Crippen LogP contribution in [0.1, 0.15) is 23.2 Å². The second-order valence-electron chi connectivity index (χ2n) is 4.60. The summed E-state index contributed by atoms with van der Waals surface area (Å²) < 4.78 is 5.66. The number of hydrogen-bond acceptors (Lipinski definition) is 2. The topological polar surface area (TPSA) is 26.3 Å². The second-order valence-corrected chi connectivity index (χ2v) is 5.03. The van der Waals surface area contributed by atoms with Gasteiger partial charge in [0.15, 0.2) is 5.78 Å². The zero-order valence-corrected chi connectivity index (χ0v) is 11.1. The first-order valence-electron chi connectivity index (χ1n) is 6.30. The van der Waals surface area contributed by atoms with E-state index in [0.29, 0.717) is 29.4 Å². The SMILES string of the molecule is O=C1CCCOc2cc(-c3cccc(Cl)c3)ccc21. The molecule has 0 N–H and O–H groups in total. The first-order chi connectivity index (χ1) is 9.24. The fourth-order valence-electron chi connectivity index (χ4n) is 2.27. The van der Waals surface area contributed by atoms with Gasteiger partial charge in [0.05, 0.1) is 12.2 Å². The molecule has 2 aromatic carbocycles. The second kappa shape index (κ2) is 5.06. The van der Waals surface area contributed by atoms with Crippen molar-refractivity contribution in [2.45, 2.75) is 12.8 Å². The van der Waals surface area contributed by atoms with Gasteiger partial charge in [-0.05, 0) is 41.8 Å². The highest BCUT2D eigenvalue weighted by molar-refractivity contribution is 6.30. The maximum Gasteiger partial charge on any atom is 0.166 e. The minimum atomic E-state index is 0.158. The summed E-state index contributed by atoms with van der Waals surface area (Å²) in [7, 11) is 0. The summed E-state index contributed by atoms with van der Waals surface area (Å²) in [5, 5.41) is 0.699. The Morgan fingerprint density at radius 2 is 1.89 bits per heavy atom. The zero-order chi connectivity index (χ0) is 13.2. The van der Waals surface area contributed by atoms with Gasteiger partial charge < -0.3 is 4.74 Å². The largest absolute Gasteiger partial charge is 0.493 e. The molecule has 0 aliphatic carbocycles. The van der Waals surface area contributed by atoms with Crippen LogP contribution >= 0.6 is 11.6 Å². The Hall–Kier alpha value is -1.80. The third-order valence-corrected chi connectivity index (χ3v) is 3.48. The van der Waals surface area contributed by atoms with Crippen molar-refractivity contribution in [1.82, 2.24) is 0 Å². The average Bonchev–Trinajstić information content (AvgIpc) is 2.60. The van der Waals surface area contributed by atoms with Gasteiger partial charge in [-0.15, -0.1) is 0 Å². The lowest BCUT2D eigenvalue weighted by atomic mass is 10.0. The molecule has 19 heavy (non-hydrogen) atoms. The monoisotopic (exact) mass is 272 g/mol. The normalized spacial score (nSPS) is 14.5. The summed E-state index contributed by atoms with van der Waals surface area (Å²) in [6, 6.07) is 13.4. The smallest absolute Gasteiger partial charge is 0.166 e. The van der Waals surface area contributed by atoms with Crippen molar-refractivity contribution in [3.63, 3.8) is 0 Å². The molecule has 3 rings (SSSR count). The number of carbonyl (C=O) groups excluding carboxylic acids is 1. The molecule has 2 nitrogen and oxygen atoms in total. The Morgan fingerprint density at radius 3 is 2.74 bits per heavy atom. The van der Waals surface area contributed by atoms with Crippen LogP contribution in [0.25, 0.3) is 11.1 Å². The van der Waals surface area contributed by atoms with E-state index >= 15 is 0 Å². The molecule has 0 unspecified atom stereocenters. The van der Waals surface area contributed by atoms with E-state index in [0.717, 1.165) is 17.5 Å². The van der Waals surface area contributed by atoms with E-state index in [4.69, 9.17) is 16.3 Å². The highest BCUT2D eigenvalue weighted by atomic mass is 35.5. The molecule has 3 heteroatoms. The van der Waals surface area contributed by atoms with Crippen molar-refractivity contribution < 1.29 is 9.53 Å². The number of fused-ring (bicyclic) bond motifs is 1. The van der Waals surface area contributed by atoms with Crippen molar-refractivity contribution in [2.24, 2.45) is 0 Å². The molecule has 0 fully saturated rings. The van der Waals surface area contributed by atoms with E-state index in [1.54, 1.807) is 0 Å². The predicted molar refractivity (Wildman–Crippen MR) is 75.9 cm³/mol. The Morgan fingerprint density at radius 1 is 1.05 bits per heavy atom. The van der Waals surface area contributed by atoms with Crippen LogP contribution in [0, 0.1) is 0 Å². The quantitative estimate of drug-likeness (QED) is 0.771. The highest BCUT2D eigenvalue weighted by Crippen LogP contribution is 2.31. The van der Waals surface area contributed by atoms with Crippen molar-refractivity contribution >= 4 is 17.4 Å². The molecule has 1 aliphatic heterocycles. The summed E-state index contributed by atoms with van der Waals surface area (Å²) in [6.45, 7) is 0.595. The molecule has 1 aliphatic rings. The van der Waals surface area contributed by atoms with Gasteiger partial charge in [0.1, 0.15) is 5.75 Å². The minimum Gasteiger partial charge on any atom is -0.493 e. The summed E-state index contributed by atoms with van der Waals surface area (Å²) in [5.74, 6) is 0.838. The van der Waals surface area contributed by atoms with Gasteiger partial charge in [-0.3, -0.25) is 4.79 Å². The summed E-state index contributed by atoms with van der Waals surface area (Å²) in [6.07, 6.45) is 1.34. The maximum absolute atomic E-state index is 11.9. The molecule has 0 aromatic heterocycles. The number of ketones is 1. The fourth-order valence-corrected chi connectivity index (χ4v) is 2.46. The van der Waals surface area contributed by atoms with Gasteiger partial charge in [-0.25, -0.2) is 0 Å². The summed E-state index contributed by atoms with van der Waals surface area (Å²) in [5.41, 5.74) is 2.72. The molecule has 96 valence electrons. The van der Waals surface area contributed by atoms with Crippen molar-refractivity contribution in [3.05, 3.63) is 53.1 Å². The van der Waals surface area contributed by atoms with Crippen LogP contribution in [0.5, 0.6) is 5.75 Å². The molecular formula is C16H13ClO2. The van der Waals surface area contributed by atoms with E-state index in [1.165, 1.54) is 0 Å². The lowest BCUT2D eigenvalue weighted by Gasteiger charge is -2.09. The molecule has 2 aromatic rings. The van der Waals surface area contributed by atoms with Gasteiger partial charge in [0.2, 0.25) is 0 Å². The number of halogens is 1. The molecule has 0 atom stereocenters. The number of ether oxygens (including phenoxy) is 1. The Kier molecular flexibility index (Phi) is 3.26. The lowest BCUT2D eigenvalue weighted by Crippen LogP contribution is -1.97. The molecule has 0 saturated carbocycles. The van der Waals surface area contributed by atoms with E-state index in [9.17, 15) is 4.79 Å². The van der Waals surface area contributed by atoms with Gasteiger partial charge in [-0.1, -0.05) is 29.8 Å². The van der Waals surface area contributed by atoms with Gasteiger partial charge in [0, 0.05) is 11.4 Å². The first kappa shape index (κ1) is 12.2. The zero-order valence-electron chi connectivity index (χ0n) is 10.4. The average molecular weight is 273 g/mol. The maximum atomic E-state index is 11.9. The third kappa shape index (κ3) is 2.49. The van der Waals surface area contributed by atoms with Crippen LogP contribution in [0.3, 0.4) is 0 Å². The van der Waals surface area contributed by atoms with Crippen LogP contribution in [0.15, 0.2) is 42.5 Å². The number of Topliss-reactive ketones (excluding diaryl/α,β-unsaturated/α-hetero) is 1. The standard InChI is InChI=1S/C16H13ClO2/c17-13-4-1-3-11(9-13)12-6-7-14-15(18)5-2-8-19-16(14)10-12/h1,3-4,6-7,9-10H,2,5,8H2. The van der Waals surface area contributed by atoms with Crippen molar-refractivity contribution in [3.8, 4) is 16.9 Å². The Balaban J connectivity index is 2.06. The van der Waals surface area contributed by atoms with E-state index in [1.807, 2.05) is 42.5 Å². The molecule has 0 spiro atoms. The summed E-state index contributed by atoms with van der Waals surface area (Å²) in [4.78, 5) is 11.9. The number of hydrogen-bond donors (Lipinski definition) is 0. The van der Waals surface area contributed by atoms with E-state index < -0.39 is 0 Å². The molecule has 0 saturated heterocycles. The van der Waals surface area contributed by atoms with Gasteiger partial charge in [0.25, 0.3) is 0 Å². The Bertz CT molecular complexity index is 634. The van der Waals surface area contributed by atoms with Gasteiger partial charge >= 0.3 is 0 Å². The van der Waals surface area contributed by atoms with Crippen molar-refractivity contribution in [1.29, 1.82) is 0 Å². The number of carbonyl (C=O) groups is 1. The van der Waals surface area contributed by atoms with E-state index in [2.05, 4.69) is 0 Å². The first-order valence-corrected chi connectivity index (χ1v) is 6.68. The summed E-state index contributed by atoms with van der Waals surface area (Å²) >= 11 is 6.00. The lowest BCUT2D eigenvalue weighted by molar-refractivity contribution is 0.0983. The van der Waals surface area contributed by atoms with Gasteiger partial charge in [-0.2, -0.15) is 0 Å². The molecular weight excluding hydrogens is 260 g/mol. The van der Waals surface area contributed by atoms with Crippen molar-refractivity contribution in [2.75, 3.05) is 6.61 Å². The Labute approximate surface area is 117 Å². The highest BCUT2D eigenvalue weighted by Gasteiger charge is 2.17. The molecule has 0 amide bonds. The molecule has 0 radical (unpaired) electrons. The van der Waals surface area contributed by atoms with Crippen LogP contribution in [-0.4, -0.2) is 12.4 Å². The predicted octanol–water partition coefficient (Wildman–Crippen LogP) is 4.36. The molecule has 0 bridgehead atoms. The van der Waals surface area contributed by atoms with Crippen LogP contribution in [0.4, 0.5) is 0 Å². The minimum absolute atomic E-state index is 0.158. The number of rotatable bonds is 1. The third-order valence-electron chi connectivity index (χ3n) is 3.25. The van der Waals surface area contributed by atoms with Crippen LogP contribution < -0.4 is 4.74 Å². The number of benzene rings is 2.